The van der Waals surface area contributed by atoms with Gasteiger partial charge in [-0.1, -0.05) is 96.1 Å². The number of nitrogens with zero attached hydrogens (tertiary/aromatic N) is 4. The molecular weight excluding hydrogens is 769 g/mol. The van der Waals surface area contributed by atoms with E-state index < -0.39 is 0 Å². The monoisotopic (exact) mass is 816 g/mol. The third-order valence-electron chi connectivity index (χ3n) is 12.4. The first-order valence-electron chi connectivity index (χ1n) is 21.1. The molecule has 0 amide bonds. The van der Waals surface area contributed by atoms with Crippen molar-refractivity contribution >= 4 is 87.2 Å². The molecule has 5 heterocycles. The molecule has 0 bridgehead atoms. The number of hydrogen-bond acceptors (Lipinski definition) is 6. The van der Waals surface area contributed by atoms with Gasteiger partial charge in [0.2, 0.25) is 5.88 Å². The van der Waals surface area contributed by atoms with Crippen molar-refractivity contribution in [3.05, 3.63) is 156 Å². The van der Waals surface area contributed by atoms with Crippen LogP contribution in [0.3, 0.4) is 0 Å². The van der Waals surface area contributed by atoms with Crippen LogP contribution in [0.15, 0.2) is 138 Å². The van der Waals surface area contributed by atoms with Crippen LogP contribution >= 0.6 is 11.3 Å². The van der Waals surface area contributed by atoms with Crippen LogP contribution < -0.4 is 14.5 Å². The van der Waals surface area contributed by atoms with E-state index in [1.165, 1.54) is 59.0 Å². The zero-order valence-corrected chi connectivity index (χ0v) is 36.7. The highest BCUT2D eigenvalue weighted by Gasteiger charge is 2.36. The largest absolute Gasteiger partial charge is 0.457 e. The molecule has 10 aromatic rings. The minimum Gasteiger partial charge on any atom is -0.457 e. The number of benzene rings is 6. The van der Waals surface area contributed by atoms with E-state index in [0.717, 1.165) is 56.4 Å². The molecule has 61 heavy (non-hydrogen) atoms. The zero-order valence-electron chi connectivity index (χ0n) is 35.9. The summed E-state index contributed by atoms with van der Waals surface area (Å²) in [6.07, 6.45) is 1.95. The number of hydrogen-bond donors (Lipinski definition) is 0. The molecule has 6 aromatic carbocycles. The molecule has 11 rings (SSSR count). The Hall–Kier alpha value is -6.57. The summed E-state index contributed by atoms with van der Waals surface area (Å²) in [4.78, 5) is 9.73. The summed E-state index contributed by atoms with van der Waals surface area (Å²) in [5.41, 5.74) is 11.4. The van der Waals surface area contributed by atoms with Crippen LogP contribution in [0, 0.1) is 13.8 Å². The number of pyridine rings is 1. The molecule has 0 saturated heterocycles. The van der Waals surface area contributed by atoms with Crippen LogP contribution in [0.1, 0.15) is 63.8 Å². The van der Waals surface area contributed by atoms with Crippen molar-refractivity contribution in [1.82, 2.24) is 9.55 Å². The number of para-hydroxylation sites is 1. The van der Waals surface area contributed by atoms with E-state index in [2.05, 4.69) is 185 Å². The molecule has 0 atom stereocenters. The maximum absolute atomic E-state index is 6.85. The first kappa shape index (κ1) is 37.4. The van der Waals surface area contributed by atoms with E-state index in [4.69, 9.17) is 14.1 Å². The molecule has 6 nitrogen and oxygen atoms in total. The number of thiophene rings is 1. The maximum Gasteiger partial charge on any atom is 0.226 e. The minimum absolute atomic E-state index is 0.0371. The topological polar surface area (TPSA) is 46.7 Å². The molecule has 0 N–H and O–H groups in total. The summed E-state index contributed by atoms with van der Waals surface area (Å²) in [6, 6.07) is 45.6. The van der Waals surface area contributed by atoms with Gasteiger partial charge >= 0.3 is 0 Å². The molecule has 0 saturated carbocycles. The van der Waals surface area contributed by atoms with Gasteiger partial charge in [-0.2, -0.15) is 0 Å². The number of rotatable bonds is 5. The van der Waals surface area contributed by atoms with E-state index in [-0.39, 0.29) is 10.8 Å². The number of furan rings is 1. The summed E-state index contributed by atoms with van der Waals surface area (Å²) in [7, 11) is 0. The summed E-state index contributed by atoms with van der Waals surface area (Å²) >= 11 is 1.84. The van der Waals surface area contributed by atoms with Crippen LogP contribution in [0.25, 0.3) is 58.8 Å². The molecule has 302 valence electrons. The van der Waals surface area contributed by atoms with Crippen molar-refractivity contribution in [2.24, 2.45) is 0 Å². The molecule has 4 aromatic heterocycles. The fourth-order valence-corrected chi connectivity index (χ4v) is 10.5. The van der Waals surface area contributed by atoms with Crippen LogP contribution in [0.2, 0.25) is 0 Å². The van der Waals surface area contributed by atoms with Gasteiger partial charge in [0, 0.05) is 60.3 Å². The third-order valence-corrected chi connectivity index (χ3v) is 13.6. The molecule has 1 aliphatic rings. The number of aromatic nitrogens is 2. The number of aryl methyl sites for hydroxylation is 2. The van der Waals surface area contributed by atoms with Crippen molar-refractivity contribution < 1.29 is 9.15 Å². The Morgan fingerprint density at radius 3 is 2.11 bits per heavy atom. The highest BCUT2D eigenvalue weighted by molar-refractivity contribution is 7.26. The first-order chi connectivity index (χ1) is 29.3. The predicted octanol–water partition coefficient (Wildman–Crippen LogP) is 15.5. The molecule has 0 unspecified atom stereocenters. The van der Waals surface area contributed by atoms with Gasteiger partial charge in [-0.05, 0) is 108 Å². The van der Waals surface area contributed by atoms with Crippen molar-refractivity contribution in [3.8, 4) is 17.3 Å². The summed E-state index contributed by atoms with van der Waals surface area (Å²) < 4.78 is 18.4. The van der Waals surface area contributed by atoms with Gasteiger partial charge in [-0.3, -0.25) is 9.47 Å². The molecule has 0 fully saturated rings. The van der Waals surface area contributed by atoms with Gasteiger partial charge in [0.15, 0.2) is 0 Å². The fraction of sp³-hybridized carbons (Fsp3) is 0.204. The Kier molecular flexibility index (Phi) is 8.26. The zero-order chi connectivity index (χ0) is 41.9. The molecule has 7 heteroatoms. The predicted molar refractivity (Wildman–Crippen MR) is 257 cm³/mol. The van der Waals surface area contributed by atoms with Gasteiger partial charge < -0.3 is 14.1 Å². The third kappa shape index (κ3) is 6.00. The SMILES string of the molecule is Cc1cc(C(C)(C)C)cc(C)c1N1CN(c2cccc(Oc3ccc4c5ccc6sc7ccccc7c6c5n(-c5cc(C(C)(C)C)ccn5)c4c3)c2)c2c1oc1ccccc21. The van der Waals surface area contributed by atoms with Gasteiger partial charge in [0.1, 0.15) is 35.3 Å². The summed E-state index contributed by atoms with van der Waals surface area (Å²) in [5, 5.41) is 5.96. The Morgan fingerprint density at radius 1 is 0.607 bits per heavy atom. The first-order valence-corrected chi connectivity index (χ1v) is 21.9. The van der Waals surface area contributed by atoms with Crippen molar-refractivity contribution in [1.29, 1.82) is 0 Å². The average Bonchev–Trinajstić information content (AvgIpc) is 3.98. The molecular formula is C54H48N4O2S. The highest BCUT2D eigenvalue weighted by atomic mass is 32.1. The summed E-state index contributed by atoms with van der Waals surface area (Å²) in [5.74, 6) is 3.27. The smallest absolute Gasteiger partial charge is 0.226 e. The molecule has 0 aliphatic carbocycles. The lowest BCUT2D eigenvalue weighted by Crippen LogP contribution is -2.26. The molecule has 0 radical (unpaired) electrons. The molecule has 0 spiro atoms. The lowest BCUT2D eigenvalue weighted by molar-refractivity contribution is 0.483. The number of fused-ring (bicyclic) bond motifs is 10. The van der Waals surface area contributed by atoms with Crippen LogP contribution in [0.4, 0.5) is 22.9 Å². The van der Waals surface area contributed by atoms with Crippen LogP contribution in [-0.2, 0) is 10.8 Å². The second-order valence-electron chi connectivity index (χ2n) is 18.7. The van der Waals surface area contributed by atoms with Crippen molar-refractivity contribution in [2.75, 3.05) is 16.5 Å². The van der Waals surface area contributed by atoms with Crippen molar-refractivity contribution in [3.63, 3.8) is 0 Å². The molecule has 1 aliphatic heterocycles. The Labute approximate surface area is 360 Å². The van der Waals surface area contributed by atoms with E-state index in [0.29, 0.717) is 6.67 Å². The van der Waals surface area contributed by atoms with E-state index in [9.17, 15) is 0 Å². The van der Waals surface area contributed by atoms with Gasteiger partial charge in [-0.25, -0.2) is 4.98 Å². The van der Waals surface area contributed by atoms with Crippen molar-refractivity contribution in [2.45, 2.75) is 66.2 Å². The van der Waals surface area contributed by atoms with Gasteiger partial charge in [0.05, 0.1) is 16.7 Å². The van der Waals surface area contributed by atoms with Crippen LogP contribution in [0.5, 0.6) is 11.5 Å². The fourth-order valence-electron chi connectivity index (χ4n) is 9.39. The minimum atomic E-state index is -0.0371. The van der Waals surface area contributed by atoms with E-state index in [1.54, 1.807) is 0 Å². The van der Waals surface area contributed by atoms with Gasteiger partial charge in [0.25, 0.3) is 0 Å². The summed E-state index contributed by atoms with van der Waals surface area (Å²) in [6.45, 7) is 18.6. The number of anilines is 4. The maximum atomic E-state index is 6.85. The highest BCUT2D eigenvalue weighted by Crippen LogP contribution is 2.52. The standard InChI is InChI=1S/C54H48N4O2S/c1-32-26-35(54(6,7)8)27-33(2)49(32)57-31-56(51-41-16-9-11-18-44(41)60-52(51)57)36-14-13-15-37(29-36)59-38-20-21-39-40-22-23-46-48(42-17-10-12-19-45(42)61-46)50(40)58(43(39)30-38)47-28-34(24-25-55-47)53(3,4)5/h9-30H,31H2,1-8H3. The quantitative estimate of drug-likeness (QED) is 0.173. The van der Waals surface area contributed by atoms with Gasteiger partial charge in [-0.15, -0.1) is 11.3 Å². The average molecular weight is 817 g/mol. The Morgan fingerprint density at radius 2 is 1.33 bits per heavy atom. The van der Waals surface area contributed by atoms with E-state index in [1.807, 2.05) is 29.7 Å². The van der Waals surface area contributed by atoms with Crippen LogP contribution in [-0.4, -0.2) is 16.2 Å². The Bertz CT molecular complexity index is 3370. The van der Waals surface area contributed by atoms with E-state index >= 15 is 0 Å². The lowest BCUT2D eigenvalue weighted by atomic mass is 9.84. The Balaban J connectivity index is 1.03. The number of ether oxygens (including phenoxy) is 1. The normalized spacial score (nSPS) is 13.4. The second kappa shape index (κ2) is 13.5. The second-order valence-corrected chi connectivity index (χ2v) is 19.7. The lowest BCUT2D eigenvalue weighted by Gasteiger charge is -2.27.